The molecule has 0 aliphatic rings. The summed E-state index contributed by atoms with van der Waals surface area (Å²) in [4.78, 5) is 0. The fourth-order valence-corrected chi connectivity index (χ4v) is 2.87. The summed E-state index contributed by atoms with van der Waals surface area (Å²) < 4.78 is 39.3. The second-order valence-corrected chi connectivity index (χ2v) is 5.99. The molecule has 6 heteroatoms. The van der Waals surface area contributed by atoms with Crippen LogP contribution in [0.25, 0.3) is 11.1 Å². The van der Waals surface area contributed by atoms with Crippen LogP contribution >= 0.6 is 0 Å². The first-order valence-corrected chi connectivity index (χ1v) is 7.88. The van der Waals surface area contributed by atoms with Crippen LogP contribution in [0, 0.1) is 6.92 Å². The number of nitrogens with one attached hydrogen (secondary N) is 1. The fraction of sp³-hybridized carbons (Fsp3) is 0.211. The van der Waals surface area contributed by atoms with Crippen LogP contribution in [0.4, 0.5) is 13.2 Å². The van der Waals surface area contributed by atoms with E-state index < -0.39 is 11.9 Å². The number of aryl methyl sites for hydroxylation is 1. The number of aromatic amines is 1. The molecule has 0 saturated heterocycles. The van der Waals surface area contributed by atoms with E-state index in [2.05, 4.69) is 10.2 Å². The highest BCUT2D eigenvalue weighted by Crippen LogP contribution is 2.37. The van der Waals surface area contributed by atoms with E-state index in [0.717, 1.165) is 11.1 Å². The zero-order valence-corrected chi connectivity index (χ0v) is 13.6. The lowest BCUT2D eigenvalue weighted by molar-refractivity contribution is -0.140. The van der Waals surface area contributed by atoms with Crippen molar-refractivity contribution in [2.45, 2.75) is 25.6 Å². The van der Waals surface area contributed by atoms with Crippen LogP contribution in [0.1, 0.15) is 28.6 Å². The monoisotopic (exact) mass is 345 g/mol. The Kier molecular flexibility index (Phi) is 4.63. The predicted octanol–water partition coefficient (Wildman–Crippen LogP) is 4.65. The van der Waals surface area contributed by atoms with Gasteiger partial charge in [-0.3, -0.25) is 5.10 Å². The quantitative estimate of drug-likeness (QED) is 0.723. The van der Waals surface area contributed by atoms with Gasteiger partial charge >= 0.3 is 6.18 Å². The first-order valence-electron chi connectivity index (χ1n) is 7.88. The molecule has 1 aromatic heterocycles. The standard InChI is InChI=1S/C19H18F3N3/c1-12-17(18(25-24-12)19(20,21)22)15-9-7-13(8-10-15)11-16(23)14-5-3-2-4-6-14/h2-10,16H,11,23H2,1H3,(H,24,25). The van der Waals surface area contributed by atoms with Gasteiger partial charge in [0.2, 0.25) is 0 Å². The van der Waals surface area contributed by atoms with Crippen molar-refractivity contribution in [3.63, 3.8) is 0 Å². The number of H-pyrrole nitrogens is 1. The Bertz CT molecular complexity index is 837. The van der Waals surface area contributed by atoms with Crippen molar-refractivity contribution in [1.82, 2.24) is 10.2 Å². The molecule has 3 aromatic rings. The Morgan fingerprint density at radius 1 is 1.04 bits per heavy atom. The van der Waals surface area contributed by atoms with Gasteiger partial charge in [-0.2, -0.15) is 18.3 Å². The van der Waals surface area contributed by atoms with Gasteiger partial charge in [-0.15, -0.1) is 0 Å². The van der Waals surface area contributed by atoms with Gasteiger partial charge in [-0.05, 0) is 30.0 Å². The molecule has 130 valence electrons. The SMILES string of the molecule is Cc1[nH]nc(C(F)(F)F)c1-c1ccc(CC(N)c2ccccc2)cc1. The van der Waals surface area contributed by atoms with Crippen molar-refractivity contribution in [2.75, 3.05) is 0 Å². The summed E-state index contributed by atoms with van der Waals surface area (Å²) in [5.41, 5.74) is 8.26. The number of halogens is 3. The van der Waals surface area contributed by atoms with Crippen molar-refractivity contribution in [3.8, 4) is 11.1 Å². The largest absolute Gasteiger partial charge is 0.435 e. The van der Waals surface area contributed by atoms with E-state index in [9.17, 15) is 13.2 Å². The molecule has 0 bridgehead atoms. The summed E-state index contributed by atoms with van der Waals surface area (Å²) >= 11 is 0. The third-order valence-corrected chi connectivity index (χ3v) is 4.14. The molecule has 3 rings (SSSR count). The minimum Gasteiger partial charge on any atom is -0.324 e. The maximum Gasteiger partial charge on any atom is 0.435 e. The molecule has 1 unspecified atom stereocenters. The third kappa shape index (κ3) is 3.74. The lowest BCUT2D eigenvalue weighted by atomic mass is 9.97. The number of rotatable bonds is 4. The Labute approximate surface area is 143 Å². The fourth-order valence-electron chi connectivity index (χ4n) is 2.87. The molecule has 1 heterocycles. The number of nitrogens with zero attached hydrogens (tertiary/aromatic N) is 1. The number of alkyl halides is 3. The Morgan fingerprint density at radius 3 is 2.28 bits per heavy atom. The van der Waals surface area contributed by atoms with Crippen molar-refractivity contribution in [3.05, 3.63) is 77.1 Å². The summed E-state index contributed by atoms with van der Waals surface area (Å²) in [6, 6.07) is 16.5. The van der Waals surface area contributed by atoms with E-state index in [1.54, 1.807) is 19.1 Å². The van der Waals surface area contributed by atoms with Crippen LogP contribution in [0.3, 0.4) is 0 Å². The minimum atomic E-state index is -4.49. The van der Waals surface area contributed by atoms with Crippen LogP contribution in [0.5, 0.6) is 0 Å². The van der Waals surface area contributed by atoms with E-state index in [4.69, 9.17) is 5.73 Å². The van der Waals surface area contributed by atoms with Crippen molar-refractivity contribution >= 4 is 0 Å². The van der Waals surface area contributed by atoms with Gasteiger partial charge in [-0.1, -0.05) is 54.6 Å². The topological polar surface area (TPSA) is 54.7 Å². The molecule has 2 aromatic carbocycles. The molecule has 0 aliphatic carbocycles. The normalized spacial score (nSPS) is 13.0. The summed E-state index contributed by atoms with van der Waals surface area (Å²) in [5, 5.41) is 5.82. The molecule has 0 spiro atoms. The van der Waals surface area contributed by atoms with Gasteiger partial charge < -0.3 is 5.73 Å². The average molecular weight is 345 g/mol. The second-order valence-electron chi connectivity index (χ2n) is 5.99. The van der Waals surface area contributed by atoms with Crippen LogP contribution in [-0.4, -0.2) is 10.2 Å². The van der Waals surface area contributed by atoms with E-state index in [0.29, 0.717) is 17.7 Å². The number of aromatic nitrogens is 2. The summed E-state index contributed by atoms with van der Waals surface area (Å²) in [6.07, 6.45) is -3.88. The first kappa shape index (κ1) is 17.2. The Morgan fingerprint density at radius 2 is 1.68 bits per heavy atom. The second kappa shape index (κ2) is 6.72. The lowest BCUT2D eigenvalue weighted by Crippen LogP contribution is -2.13. The highest BCUT2D eigenvalue weighted by molar-refractivity contribution is 5.69. The highest BCUT2D eigenvalue weighted by Gasteiger charge is 2.37. The number of hydrogen-bond donors (Lipinski definition) is 2. The van der Waals surface area contributed by atoms with Crippen molar-refractivity contribution < 1.29 is 13.2 Å². The maximum atomic E-state index is 13.1. The molecule has 1 atom stereocenters. The van der Waals surface area contributed by atoms with Gasteiger partial charge in [0.1, 0.15) is 0 Å². The molecule has 0 aliphatic heterocycles. The number of nitrogens with two attached hydrogens (primary N) is 1. The molecule has 3 nitrogen and oxygen atoms in total. The Balaban J connectivity index is 1.83. The summed E-state index contributed by atoms with van der Waals surface area (Å²) in [6.45, 7) is 1.58. The predicted molar refractivity (Wildman–Crippen MR) is 90.8 cm³/mol. The molecule has 0 fully saturated rings. The van der Waals surface area contributed by atoms with Gasteiger partial charge in [0, 0.05) is 17.3 Å². The molecular formula is C19H18F3N3. The van der Waals surface area contributed by atoms with E-state index in [1.807, 2.05) is 42.5 Å². The maximum absolute atomic E-state index is 13.1. The lowest BCUT2D eigenvalue weighted by Gasteiger charge is -2.13. The minimum absolute atomic E-state index is 0.0893. The van der Waals surface area contributed by atoms with E-state index >= 15 is 0 Å². The van der Waals surface area contributed by atoms with Crippen LogP contribution in [-0.2, 0) is 12.6 Å². The smallest absolute Gasteiger partial charge is 0.324 e. The Hall–Kier alpha value is -2.60. The molecule has 25 heavy (non-hydrogen) atoms. The van der Waals surface area contributed by atoms with Crippen LogP contribution < -0.4 is 5.73 Å². The van der Waals surface area contributed by atoms with Crippen LogP contribution in [0.15, 0.2) is 54.6 Å². The molecule has 0 radical (unpaired) electrons. The zero-order valence-electron chi connectivity index (χ0n) is 13.6. The summed E-state index contributed by atoms with van der Waals surface area (Å²) in [7, 11) is 0. The third-order valence-electron chi connectivity index (χ3n) is 4.14. The number of benzene rings is 2. The van der Waals surface area contributed by atoms with Gasteiger partial charge in [0.05, 0.1) is 0 Å². The average Bonchev–Trinajstić information content (AvgIpc) is 2.98. The molecular weight excluding hydrogens is 327 g/mol. The molecule has 0 amide bonds. The zero-order chi connectivity index (χ0) is 18.0. The highest BCUT2D eigenvalue weighted by atomic mass is 19.4. The van der Waals surface area contributed by atoms with Gasteiger partial charge in [0.25, 0.3) is 0 Å². The first-order chi connectivity index (χ1) is 11.9. The van der Waals surface area contributed by atoms with Crippen molar-refractivity contribution in [1.29, 1.82) is 0 Å². The van der Waals surface area contributed by atoms with E-state index in [-0.39, 0.29) is 11.6 Å². The van der Waals surface area contributed by atoms with E-state index in [1.165, 1.54) is 0 Å². The van der Waals surface area contributed by atoms with Gasteiger partial charge in [-0.25, -0.2) is 0 Å². The summed E-state index contributed by atoms with van der Waals surface area (Å²) in [5.74, 6) is 0. The van der Waals surface area contributed by atoms with Crippen molar-refractivity contribution in [2.24, 2.45) is 5.73 Å². The number of hydrogen-bond acceptors (Lipinski definition) is 2. The molecule has 3 N–H and O–H groups in total. The van der Waals surface area contributed by atoms with Gasteiger partial charge in [0.15, 0.2) is 5.69 Å². The van der Waals surface area contributed by atoms with Crippen LogP contribution in [0.2, 0.25) is 0 Å². The molecule has 0 saturated carbocycles.